The van der Waals surface area contributed by atoms with E-state index >= 15 is 0 Å². The summed E-state index contributed by atoms with van der Waals surface area (Å²) in [7, 11) is 0. The normalized spacial score (nSPS) is 10.4. The molecule has 10 heavy (non-hydrogen) atoms. The fraction of sp³-hybridized carbons (Fsp3) is 0. The smallest absolute Gasteiger partial charge is 0.220 e. The molecule has 50 valence electrons. The molecular formula is C5H4N4S. The molecule has 0 saturated carbocycles. The summed E-state index contributed by atoms with van der Waals surface area (Å²) in [5, 5.41) is 2.83. The molecule has 1 N–H and O–H groups in total. The average molecular weight is 152 g/mol. The van der Waals surface area contributed by atoms with Crippen molar-refractivity contribution in [2.75, 3.05) is 0 Å². The first-order chi connectivity index (χ1) is 4.88. The summed E-state index contributed by atoms with van der Waals surface area (Å²) in [6.45, 7) is 0. The van der Waals surface area contributed by atoms with Crippen molar-refractivity contribution in [2.24, 2.45) is 0 Å². The van der Waals surface area contributed by atoms with E-state index in [1.54, 1.807) is 23.1 Å². The molecule has 0 atom stereocenters. The highest BCUT2D eigenvalue weighted by Crippen LogP contribution is 1.93. The monoisotopic (exact) mass is 152 g/mol. The molecule has 0 fully saturated rings. The molecule has 0 aromatic carbocycles. The highest BCUT2D eigenvalue weighted by Gasteiger charge is 1.91. The van der Waals surface area contributed by atoms with Gasteiger partial charge < -0.3 is 0 Å². The van der Waals surface area contributed by atoms with Crippen LogP contribution in [0, 0.1) is 4.77 Å². The van der Waals surface area contributed by atoms with E-state index in [0.29, 0.717) is 4.77 Å². The highest BCUT2D eigenvalue weighted by atomic mass is 32.1. The van der Waals surface area contributed by atoms with Gasteiger partial charge in [-0.2, -0.15) is 0 Å². The van der Waals surface area contributed by atoms with Gasteiger partial charge in [0, 0.05) is 12.3 Å². The van der Waals surface area contributed by atoms with Gasteiger partial charge in [0.15, 0.2) is 5.65 Å². The van der Waals surface area contributed by atoms with Crippen LogP contribution in [-0.4, -0.2) is 19.6 Å². The molecule has 0 bridgehead atoms. The minimum Gasteiger partial charge on any atom is -0.280 e. The lowest BCUT2D eigenvalue weighted by molar-refractivity contribution is 0.902. The number of aromatic nitrogens is 4. The van der Waals surface area contributed by atoms with Crippen LogP contribution >= 0.6 is 12.2 Å². The van der Waals surface area contributed by atoms with Crippen LogP contribution in [0.25, 0.3) is 5.65 Å². The van der Waals surface area contributed by atoms with E-state index in [1.807, 2.05) is 0 Å². The summed E-state index contributed by atoms with van der Waals surface area (Å²) >= 11 is 4.89. The van der Waals surface area contributed by atoms with Crippen molar-refractivity contribution < 1.29 is 0 Å². The van der Waals surface area contributed by atoms with E-state index in [0.717, 1.165) is 5.65 Å². The summed E-state index contributed by atoms with van der Waals surface area (Å²) in [6.07, 6.45) is 3.21. The van der Waals surface area contributed by atoms with Crippen LogP contribution in [0.4, 0.5) is 0 Å². The van der Waals surface area contributed by atoms with E-state index in [2.05, 4.69) is 15.1 Å². The van der Waals surface area contributed by atoms with E-state index in [9.17, 15) is 0 Å². The maximum atomic E-state index is 4.89. The predicted octanol–water partition coefficient (Wildman–Crippen LogP) is 0.787. The molecule has 2 aromatic heterocycles. The molecule has 0 radical (unpaired) electrons. The Bertz CT molecular complexity index is 401. The Kier molecular flexibility index (Phi) is 1.04. The maximum Gasteiger partial charge on any atom is 0.220 e. The molecule has 2 aromatic rings. The summed E-state index contributed by atoms with van der Waals surface area (Å²) in [5.41, 5.74) is 0.792. The lowest BCUT2D eigenvalue weighted by Gasteiger charge is -1.87. The molecule has 0 aliphatic rings. The Balaban J connectivity index is 3.09. The van der Waals surface area contributed by atoms with Crippen molar-refractivity contribution in [2.45, 2.75) is 0 Å². The first kappa shape index (κ1) is 5.55. The molecule has 5 heteroatoms. The molecule has 0 spiro atoms. The van der Waals surface area contributed by atoms with Gasteiger partial charge in [-0.3, -0.25) is 5.10 Å². The molecule has 0 saturated heterocycles. The fourth-order valence-electron chi connectivity index (χ4n) is 0.773. The number of hydrogen-bond acceptors (Lipinski definition) is 3. The van der Waals surface area contributed by atoms with Crippen molar-refractivity contribution in [1.82, 2.24) is 19.6 Å². The summed E-state index contributed by atoms with van der Waals surface area (Å²) in [4.78, 5) is 7.87. The molecule has 2 rings (SSSR count). The van der Waals surface area contributed by atoms with Gasteiger partial charge in [0.25, 0.3) is 0 Å². The fourth-order valence-corrected chi connectivity index (χ4v) is 0.980. The van der Waals surface area contributed by atoms with Crippen LogP contribution in [-0.2, 0) is 0 Å². The number of aromatic amines is 1. The lowest BCUT2D eigenvalue weighted by atomic mass is 10.6. The quantitative estimate of drug-likeness (QED) is 0.567. The highest BCUT2D eigenvalue weighted by molar-refractivity contribution is 7.71. The van der Waals surface area contributed by atoms with Gasteiger partial charge in [0.2, 0.25) is 4.77 Å². The Hall–Kier alpha value is -1.23. The molecule has 0 amide bonds. The number of nitrogens with zero attached hydrogens (tertiary/aromatic N) is 3. The Morgan fingerprint density at radius 3 is 3.20 bits per heavy atom. The van der Waals surface area contributed by atoms with Crippen molar-refractivity contribution in [3.63, 3.8) is 0 Å². The second kappa shape index (κ2) is 1.88. The molecule has 2 heterocycles. The molecule has 4 nitrogen and oxygen atoms in total. The third-order valence-corrected chi connectivity index (χ3v) is 1.50. The lowest BCUT2D eigenvalue weighted by Crippen LogP contribution is -1.89. The largest absolute Gasteiger partial charge is 0.280 e. The zero-order chi connectivity index (χ0) is 6.97. The number of fused-ring (bicyclic) bond motifs is 1. The summed E-state index contributed by atoms with van der Waals surface area (Å²) in [5.74, 6) is 0. The summed E-state index contributed by atoms with van der Waals surface area (Å²) < 4.78 is 2.13. The molecule has 0 unspecified atom stereocenters. The summed E-state index contributed by atoms with van der Waals surface area (Å²) in [6, 6.07) is 1.78. The standard InChI is InChI=1S/C5H4N4S/c10-5-6-2-1-4-7-3-8-9(4)5/h1-3H,(H,7,8). The Labute approximate surface area is 61.5 Å². The van der Waals surface area contributed by atoms with Gasteiger partial charge >= 0.3 is 0 Å². The van der Waals surface area contributed by atoms with Gasteiger partial charge in [-0.1, -0.05) is 0 Å². The first-order valence-electron chi connectivity index (χ1n) is 2.75. The topological polar surface area (TPSA) is 46.0 Å². The SMILES string of the molecule is S=c1nccc2nc[nH]n12. The van der Waals surface area contributed by atoms with Crippen LogP contribution in [0.5, 0.6) is 0 Å². The van der Waals surface area contributed by atoms with Crippen LogP contribution in [0.1, 0.15) is 0 Å². The second-order valence-corrected chi connectivity index (χ2v) is 2.17. The van der Waals surface area contributed by atoms with Gasteiger partial charge in [0.05, 0.1) is 0 Å². The number of rotatable bonds is 0. The minimum absolute atomic E-state index is 0.495. The molecular weight excluding hydrogens is 148 g/mol. The minimum atomic E-state index is 0.495. The van der Waals surface area contributed by atoms with Crippen molar-refractivity contribution >= 4 is 17.9 Å². The first-order valence-corrected chi connectivity index (χ1v) is 3.16. The van der Waals surface area contributed by atoms with Crippen LogP contribution < -0.4 is 0 Å². The predicted molar refractivity (Wildman–Crippen MR) is 38.2 cm³/mol. The van der Waals surface area contributed by atoms with E-state index < -0.39 is 0 Å². The number of hydrogen-bond donors (Lipinski definition) is 1. The Morgan fingerprint density at radius 1 is 1.50 bits per heavy atom. The van der Waals surface area contributed by atoms with Gasteiger partial charge in [0.1, 0.15) is 6.33 Å². The third-order valence-electron chi connectivity index (χ3n) is 1.21. The second-order valence-electron chi connectivity index (χ2n) is 1.81. The van der Waals surface area contributed by atoms with E-state index in [1.165, 1.54) is 0 Å². The number of H-pyrrole nitrogens is 1. The van der Waals surface area contributed by atoms with Crippen LogP contribution in [0.3, 0.4) is 0 Å². The zero-order valence-corrected chi connectivity index (χ0v) is 5.80. The Morgan fingerprint density at radius 2 is 2.40 bits per heavy atom. The maximum absolute atomic E-state index is 4.89. The van der Waals surface area contributed by atoms with Crippen molar-refractivity contribution in [3.8, 4) is 0 Å². The van der Waals surface area contributed by atoms with Gasteiger partial charge in [-0.15, -0.1) is 0 Å². The van der Waals surface area contributed by atoms with E-state index in [-0.39, 0.29) is 0 Å². The van der Waals surface area contributed by atoms with Crippen molar-refractivity contribution in [3.05, 3.63) is 23.4 Å². The van der Waals surface area contributed by atoms with Gasteiger partial charge in [-0.05, 0) is 12.2 Å². The zero-order valence-electron chi connectivity index (χ0n) is 4.98. The average Bonchev–Trinajstić information content (AvgIpc) is 2.36. The molecule has 0 aliphatic carbocycles. The van der Waals surface area contributed by atoms with Crippen LogP contribution in [0.2, 0.25) is 0 Å². The molecule has 0 aliphatic heterocycles. The van der Waals surface area contributed by atoms with E-state index in [4.69, 9.17) is 12.2 Å². The van der Waals surface area contributed by atoms with Gasteiger partial charge in [-0.25, -0.2) is 14.5 Å². The van der Waals surface area contributed by atoms with Crippen molar-refractivity contribution in [1.29, 1.82) is 0 Å². The van der Waals surface area contributed by atoms with Crippen LogP contribution in [0.15, 0.2) is 18.6 Å². The number of nitrogens with one attached hydrogen (secondary N) is 1. The third kappa shape index (κ3) is 0.640.